The lowest BCUT2D eigenvalue weighted by Crippen LogP contribution is -2.12. The van der Waals surface area contributed by atoms with Crippen LogP contribution in [0.25, 0.3) is 6.08 Å². The van der Waals surface area contributed by atoms with Crippen molar-refractivity contribution in [2.24, 2.45) is 0 Å². The van der Waals surface area contributed by atoms with Crippen molar-refractivity contribution in [3.05, 3.63) is 93.7 Å². The number of thiazole rings is 1. The van der Waals surface area contributed by atoms with Crippen molar-refractivity contribution in [2.45, 2.75) is 6.42 Å². The van der Waals surface area contributed by atoms with E-state index in [0.29, 0.717) is 21.5 Å². The molecule has 4 rings (SSSR count). The van der Waals surface area contributed by atoms with Crippen molar-refractivity contribution < 1.29 is 9.53 Å². The van der Waals surface area contributed by atoms with Gasteiger partial charge in [-0.2, -0.15) is 0 Å². The molecular weight excluding hydrogens is 380 g/mol. The summed E-state index contributed by atoms with van der Waals surface area (Å²) < 4.78 is 5.52. The summed E-state index contributed by atoms with van der Waals surface area (Å²) in [6.45, 7) is 0. The van der Waals surface area contributed by atoms with Crippen LogP contribution in [0.15, 0.2) is 72.6 Å². The second-order valence-electron chi connectivity index (χ2n) is 5.95. The number of rotatable bonds is 4. The Labute approximate surface area is 165 Å². The van der Waals surface area contributed by atoms with Gasteiger partial charge in [-0.15, -0.1) is 11.3 Å². The van der Waals surface area contributed by atoms with Crippen molar-refractivity contribution >= 4 is 40.1 Å². The summed E-state index contributed by atoms with van der Waals surface area (Å²) in [6.07, 6.45) is 7.45. The van der Waals surface area contributed by atoms with Gasteiger partial charge in [0, 0.05) is 33.7 Å². The molecule has 4 nitrogen and oxygen atoms in total. The van der Waals surface area contributed by atoms with E-state index in [9.17, 15) is 4.79 Å². The van der Waals surface area contributed by atoms with Gasteiger partial charge in [-0.1, -0.05) is 41.9 Å². The number of benzene rings is 2. The molecule has 0 unspecified atom stereocenters. The van der Waals surface area contributed by atoms with E-state index < -0.39 is 0 Å². The maximum atomic E-state index is 12.6. The number of ether oxygens (including phenoxy) is 1. The van der Waals surface area contributed by atoms with Crippen LogP contribution >= 0.6 is 22.9 Å². The Hall–Kier alpha value is -2.89. The van der Waals surface area contributed by atoms with Crippen LogP contribution in [0, 0.1) is 0 Å². The van der Waals surface area contributed by atoms with E-state index in [4.69, 9.17) is 16.3 Å². The number of anilines is 1. The lowest BCUT2D eigenvalue weighted by molar-refractivity contribution is -0.112. The lowest BCUT2D eigenvalue weighted by atomic mass is 10.1. The van der Waals surface area contributed by atoms with Crippen LogP contribution in [0.4, 0.5) is 5.13 Å². The number of halogens is 1. The summed E-state index contributed by atoms with van der Waals surface area (Å²) in [6, 6.07) is 15.4. The smallest absolute Gasteiger partial charge is 0.257 e. The minimum atomic E-state index is -0.247. The average molecular weight is 395 g/mol. The Morgan fingerprint density at radius 3 is 2.89 bits per heavy atom. The van der Waals surface area contributed by atoms with Crippen LogP contribution < -0.4 is 10.1 Å². The number of nitrogens with zero attached hydrogens (tertiary/aromatic N) is 1. The second kappa shape index (κ2) is 7.78. The van der Waals surface area contributed by atoms with Crippen LogP contribution in [0.2, 0.25) is 5.02 Å². The predicted octanol–water partition coefficient (Wildman–Crippen LogP) is 5.32. The van der Waals surface area contributed by atoms with E-state index in [2.05, 4.69) is 22.4 Å². The van der Waals surface area contributed by atoms with Gasteiger partial charge in [0.25, 0.3) is 5.91 Å². The standard InChI is InChI=1S/C21H15ClN2O2S/c22-17-6-7-19-16(12-17)11-15(8-9-26-19)20(25)24-21-23-13-18(27-21)10-14-4-2-1-3-5-14/h1-9,11-13H,10H2,(H,23,24,25). The number of carbonyl (C=O) groups excluding carboxylic acids is 1. The van der Waals surface area contributed by atoms with Gasteiger partial charge < -0.3 is 4.74 Å². The zero-order valence-corrected chi connectivity index (χ0v) is 15.8. The largest absolute Gasteiger partial charge is 0.464 e. The summed E-state index contributed by atoms with van der Waals surface area (Å²) in [5.74, 6) is 0.404. The minimum Gasteiger partial charge on any atom is -0.464 e. The highest BCUT2D eigenvalue weighted by Crippen LogP contribution is 2.28. The maximum Gasteiger partial charge on any atom is 0.257 e. The SMILES string of the molecule is O=C(Nc1ncc(Cc2ccccc2)s1)C1=Cc2cc(Cl)ccc2OC=C1. The summed E-state index contributed by atoms with van der Waals surface area (Å²) in [5.41, 5.74) is 2.43. The van der Waals surface area contributed by atoms with Crippen molar-refractivity contribution in [2.75, 3.05) is 5.32 Å². The number of nitrogens with one attached hydrogen (secondary N) is 1. The number of aromatic nitrogens is 1. The molecular formula is C21H15ClN2O2S. The van der Waals surface area contributed by atoms with Crippen molar-refractivity contribution in [3.63, 3.8) is 0 Å². The van der Waals surface area contributed by atoms with Crippen molar-refractivity contribution in [1.29, 1.82) is 0 Å². The average Bonchev–Trinajstić information content (AvgIpc) is 2.98. The van der Waals surface area contributed by atoms with Crippen LogP contribution in [0.5, 0.6) is 5.75 Å². The number of carbonyl (C=O) groups is 1. The molecule has 0 radical (unpaired) electrons. The van der Waals surface area contributed by atoms with Gasteiger partial charge in [0.2, 0.25) is 0 Å². The number of fused-ring (bicyclic) bond motifs is 1. The van der Waals surface area contributed by atoms with Crippen molar-refractivity contribution in [1.82, 2.24) is 4.98 Å². The molecule has 1 aromatic heterocycles. The number of amides is 1. The molecule has 134 valence electrons. The monoisotopic (exact) mass is 394 g/mol. The first-order valence-electron chi connectivity index (χ1n) is 8.32. The fourth-order valence-electron chi connectivity index (χ4n) is 2.69. The molecule has 1 amide bonds. The van der Waals surface area contributed by atoms with Crippen LogP contribution in [0.3, 0.4) is 0 Å². The molecule has 1 N–H and O–H groups in total. The highest BCUT2D eigenvalue weighted by Gasteiger charge is 2.14. The highest BCUT2D eigenvalue weighted by atomic mass is 35.5. The lowest BCUT2D eigenvalue weighted by Gasteiger charge is -2.04. The van der Waals surface area contributed by atoms with Crippen LogP contribution in [0.1, 0.15) is 16.0 Å². The molecule has 6 heteroatoms. The summed E-state index contributed by atoms with van der Waals surface area (Å²) >= 11 is 7.51. The number of hydrogen-bond donors (Lipinski definition) is 1. The van der Waals surface area contributed by atoms with Gasteiger partial charge in [0.05, 0.1) is 6.26 Å². The van der Waals surface area contributed by atoms with Gasteiger partial charge in [0.1, 0.15) is 5.75 Å². The molecule has 2 heterocycles. The van der Waals surface area contributed by atoms with Gasteiger partial charge in [-0.25, -0.2) is 4.98 Å². The first-order chi connectivity index (χ1) is 13.2. The summed E-state index contributed by atoms with van der Waals surface area (Å²) in [5, 5.41) is 4.00. The molecule has 3 aromatic rings. The zero-order chi connectivity index (χ0) is 18.6. The van der Waals surface area contributed by atoms with E-state index in [-0.39, 0.29) is 5.91 Å². The van der Waals surface area contributed by atoms with E-state index in [1.165, 1.54) is 23.2 Å². The fourth-order valence-corrected chi connectivity index (χ4v) is 3.71. The van der Waals surface area contributed by atoms with Crippen molar-refractivity contribution in [3.8, 4) is 5.75 Å². The first-order valence-corrected chi connectivity index (χ1v) is 9.51. The summed E-state index contributed by atoms with van der Waals surface area (Å²) in [4.78, 5) is 18.0. The molecule has 0 aliphatic carbocycles. The Bertz CT molecular complexity index is 1040. The van der Waals surface area contributed by atoms with E-state index in [0.717, 1.165) is 16.9 Å². The molecule has 0 bridgehead atoms. The number of hydrogen-bond acceptors (Lipinski definition) is 4. The molecule has 0 saturated heterocycles. The normalized spacial score (nSPS) is 12.6. The maximum absolute atomic E-state index is 12.6. The molecule has 2 aromatic carbocycles. The van der Waals surface area contributed by atoms with Gasteiger partial charge in [-0.3, -0.25) is 10.1 Å². The summed E-state index contributed by atoms with van der Waals surface area (Å²) in [7, 11) is 0. The third-order valence-corrected chi connectivity index (χ3v) is 5.13. The molecule has 0 atom stereocenters. The Balaban J connectivity index is 1.49. The fraction of sp³-hybridized carbons (Fsp3) is 0.0476. The third kappa shape index (κ3) is 4.27. The molecule has 0 spiro atoms. The minimum absolute atomic E-state index is 0.247. The molecule has 0 fully saturated rings. The van der Waals surface area contributed by atoms with Gasteiger partial charge >= 0.3 is 0 Å². The second-order valence-corrected chi connectivity index (χ2v) is 7.50. The predicted molar refractivity (Wildman–Crippen MR) is 109 cm³/mol. The first kappa shape index (κ1) is 17.5. The molecule has 0 saturated carbocycles. The Kier molecular flexibility index (Phi) is 5.05. The Morgan fingerprint density at radius 1 is 1.19 bits per heavy atom. The van der Waals surface area contributed by atoms with Crippen LogP contribution in [-0.2, 0) is 11.2 Å². The van der Waals surface area contributed by atoms with Crippen LogP contribution in [-0.4, -0.2) is 10.9 Å². The Morgan fingerprint density at radius 2 is 2.04 bits per heavy atom. The molecule has 27 heavy (non-hydrogen) atoms. The molecule has 1 aliphatic rings. The van der Waals surface area contributed by atoms with E-state index in [1.807, 2.05) is 18.2 Å². The zero-order valence-electron chi connectivity index (χ0n) is 14.2. The third-order valence-electron chi connectivity index (χ3n) is 3.98. The topological polar surface area (TPSA) is 51.2 Å². The molecule has 1 aliphatic heterocycles. The van der Waals surface area contributed by atoms with E-state index in [1.54, 1.807) is 36.5 Å². The van der Waals surface area contributed by atoms with Gasteiger partial charge in [0.15, 0.2) is 5.13 Å². The van der Waals surface area contributed by atoms with E-state index >= 15 is 0 Å². The highest BCUT2D eigenvalue weighted by molar-refractivity contribution is 7.15. The van der Waals surface area contributed by atoms with Gasteiger partial charge in [-0.05, 0) is 35.9 Å². The quantitative estimate of drug-likeness (QED) is 0.651.